The first-order valence-corrected chi connectivity index (χ1v) is 22.7. The molecule has 2 rings (SSSR count). The molecule has 0 unspecified atom stereocenters. The van der Waals surface area contributed by atoms with Gasteiger partial charge in [-0.1, -0.05) is 148 Å². The molecule has 362 valence electrons. The summed E-state index contributed by atoms with van der Waals surface area (Å²) < 4.78 is 20.1. The lowest BCUT2D eigenvalue weighted by Gasteiger charge is -2.25. The van der Waals surface area contributed by atoms with Crippen LogP contribution in [0.5, 0.6) is 11.5 Å². The van der Waals surface area contributed by atoms with Crippen LogP contribution in [0.15, 0.2) is 48.5 Å². The van der Waals surface area contributed by atoms with Crippen molar-refractivity contribution in [3.05, 3.63) is 59.7 Å². The first-order chi connectivity index (χ1) is 28.1. The molecule has 0 aliphatic carbocycles. The maximum atomic E-state index is 11.4. The van der Waals surface area contributed by atoms with Gasteiger partial charge in [0, 0.05) is 21.0 Å². The van der Waals surface area contributed by atoms with E-state index in [1.54, 1.807) is 7.11 Å². The van der Waals surface area contributed by atoms with Gasteiger partial charge in [0.25, 0.3) is 0 Å². The zero-order chi connectivity index (χ0) is 50.3. The summed E-state index contributed by atoms with van der Waals surface area (Å²) in [6.07, 6.45) is 4.84. The highest BCUT2D eigenvalue weighted by Crippen LogP contribution is 2.30. The third kappa shape index (κ3) is 39.1. The lowest BCUT2D eigenvalue weighted by molar-refractivity contribution is -0.157. The van der Waals surface area contributed by atoms with Crippen molar-refractivity contribution in [1.82, 2.24) is 0 Å². The van der Waals surface area contributed by atoms with Gasteiger partial charge in [0.05, 0.1) is 18.4 Å². The zero-order valence-electron chi connectivity index (χ0n) is 44.6. The van der Waals surface area contributed by atoms with Gasteiger partial charge < -0.3 is 24.1 Å². The average Bonchev–Trinajstić information content (AvgIpc) is 3.15. The minimum atomic E-state index is -0.707. The molecule has 62 heavy (non-hydrogen) atoms. The second kappa shape index (κ2) is 32.9. The molecule has 0 aliphatic heterocycles. The Morgan fingerprint density at radius 1 is 0.484 bits per heavy atom. The number of rotatable bonds is 12. The third-order valence-electron chi connectivity index (χ3n) is 9.76. The molecule has 2 aromatic rings. The second-order valence-corrected chi connectivity index (χ2v) is 19.4. The Kier molecular flexibility index (Phi) is 35.7. The van der Waals surface area contributed by atoms with Crippen LogP contribution in [0, 0.1) is 10.8 Å². The number of carboxylic acid groups (broad SMARTS) is 1. The van der Waals surface area contributed by atoms with Crippen LogP contribution in [-0.2, 0) is 39.5 Å². The molecule has 0 bridgehead atoms. The summed E-state index contributed by atoms with van der Waals surface area (Å²) in [7, 11) is 1.71. The number of aliphatic carboxylic acids is 1. The molecule has 9 nitrogen and oxygen atoms in total. The second-order valence-electron chi connectivity index (χ2n) is 19.4. The van der Waals surface area contributed by atoms with Crippen LogP contribution in [0.4, 0.5) is 0 Å². The molecule has 0 atom stereocenters. The number of methoxy groups -OCH3 is 1. The molecule has 0 radical (unpaired) electrons. The lowest BCUT2D eigenvalue weighted by Crippen LogP contribution is -2.27. The number of carbonyl (C=O) groups excluding carboxylic acids is 3. The number of hydrogen-bond donors (Lipinski definition) is 1. The molecule has 0 heterocycles. The Bertz CT molecular complexity index is 1400. The number of esters is 3. The number of carboxylic acids is 1. The molecular weight excluding hydrogens is 781 g/mol. The van der Waals surface area contributed by atoms with Gasteiger partial charge in [0.2, 0.25) is 0 Å². The Hall–Kier alpha value is -3.72. The first kappa shape index (κ1) is 67.4. The van der Waals surface area contributed by atoms with Crippen LogP contribution < -0.4 is 9.47 Å². The summed E-state index contributed by atoms with van der Waals surface area (Å²) in [5.41, 5.74) is 2.58. The van der Waals surface area contributed by atoms with Gasteiger partial charge in [-0.15, -0.1) is 0 Å². The monoisotopic (exact) mass is 877 g/mol. The largest absolute Gasteiger partial charge is 0.481 e. The van der Waals surface area contributed by atoms with Crippen LogP contribution in [0.25, 0.3) is 0 Å². The molecule has 0 saturated carbocycles. The van der Waals surface area contributed by atoms with Crippen LogP contribution >= 0.6 is 0 Å². The summed E-state index contributed by atoms with van der Waals surface area (Å²) in [6.45, 7) is 47.9. The van der Waals surface area contributed by atoms with Gasteiger partial charge in [0.1, 0.15) is 17.1 Å². The van der Waals surface area contributed by atoms with Crippen molar-refractivity contribution < 1.29 is 43.2 Å². The van der Waals surface area contributed by atoms with Gasteiger partial charge in [0.15, 0.2) is 0 Å². The van der Waals surface area contributed by atoms with Crippen molar-refractivity contribution >= 4 is 23.9 Å². The number of benzene rings is 2. The standard InChI is InChI=1S/2C13H18O2.C11H22O2.C7H14O2.C5H12O.2C2H6/c2*1-5-13(3,4)11-6-8-12(9-7-11)15-10(2)14;1-7-11(5,6)8-9(12)13-10(2,3)4;1-4-7(2,3)5-6(8)9;1-5(2,3)6-4;2*1-2/h2*6-9H,5H2,1-4H3;7-8H2,1-6H3;4-5H2,1-3H3,(H,8,9);1-4H3;2*1-2H3. The van der Waals surface area contributed by atoms with Crippen molar-refractivity contribution in [2.45, 2.75) is 227 Å². The molecule has 2 aromatic carbocycles. The van der Waals surface area contributed by atoms with E-state index in [0.29, 0.717) is 17.9 Å². The SMILES string of the molecule is CC.CC.CCC(C)(C)CC(=O)O.CCC(C)(C)CC(=O)OC(C)(C)C.CCC(C)(C)c1ccc(OC(C)=O)cc1.CCC(C)(C)c1ccc(OC(C)=O)cc1.COC(C)(C)C. The maximum Gasteiger partial charge on any atom is 0.308 e. The van der Waals surface area contributed by atoms with E-state index in [-0.39, 0.29) is 57.2 Å². The maximum absolute atomic E-state index is 11.4. The normalized spacial score (nSPS) is 11.1. The van der Waals surface area contributed by atoms with E-state index < -0.39 is 5.97 Å². The number of hydrogen-bond acceptors (Lipinski definition) is 8. The molecule has 0 amide bonds. The Morgan fingerprint density at radius 3 is 0.935 bits per heavy atom. The van der Waals surface area contributed by atoms with Crippen LogP contribution in [0.3, 0.4) is 0 Å². The van der Waals surface area contributed by atoms with E-state index in [1.165, 1.54) is 25.0 Å². The summed E-state index contributed by atoms with van der Waals surface area (Å²) >= 11 is 0. The molecule has 0 aromatic heterocycles. The highest BCUT2D eigenvalue weighted by Gasteiger charge is 2.24. The molecule has 0 aliphatic rings. The van der Waals surface area contributed by atoms with E-state index in [2.05, 4.69) is 62.3 Å². The molecule has 0 saturated heterocycles. The van der Waals surface area contributed by atoms with Gasteiger partial charge in [-0.25, -0.2) is 0 Å². The predicted octanol–water partition coefficient (Wildman–Crippen LogP) is 15.1. The molecular formula is C53H96O9. The summed E-state index contributed by atoms with van der Waals surface area (Å²) in [5.74, 6) is -0.146. The highest BCUT2D eigenvalue weighted by molar-refractivity contribution is 5.71. The molecule has 9 heteroatoms. The van der Waals surface area contributed by atoms with E-state index in [9.17, 15) is 19.2 Å². The van der Waals surface area contributed by atoms with Crippen LogP contribution in [-0.4, -0.2) is 47.3 Å². The van der Waals surface area contributed by atoms with Gasteiger partial charge in [-0.3, -0.25) is 19.2 Å². The fourth-order valence-electron chi connectivity index (χ4n) is 4.12. The Balaban J connectivity index is -0.000000220. The lowest BCUT2D eigenvalue weighted by atomic mass is 9.82. The van der Waals surface area contributed by atoms with E-state index >= 15 is 0 Å². The highest BCUT2D eigenvalue weighted by atomic mass is 16.6. The molecule has 0 fully saturated rings. The third-order valence-corrected chi connectivity index (χ3v) is 9.76. The number of ether oxygens (including phenoxy) is 4. The van der Waals surface area contributed by atoms with Crippen molar-refractivity contribution in [2.24, 2.45) is 10.8 Å². The quantitative estimate of drug-likeness (QED) is 0.164. The number of carbonyl (C=O) groups is 4. The summed E-state index contributed by atoms with van der Waals surface area (Å²) in [6, 6.07) is 15.4. The van der Waals surface area contributed by atoms with Crippen molar-refractivity contribution in [3.63, 3.8) is 0 Å². The zero-order valence-corrected chi connectivity index (χ0v) is 44.6. The molecule has 1 N–H and O–H groups in total. The van der Waals surface area contributed by atoms with Crippen LogP contribution in [0.1, 0.15) is 216 Å². The average molecular weight is 877 g/mol. The fourth-order valence-corrected chi connectivity index (χ4v) is 4.12. The molecule has 0 spiro atoms. The van der Waals surface area contributed by atoms with Gasteiger partial charge in [-0.05, 0) is 111 Å². The van der Waals surface area contributed by atoms with Crippen LogP contribution in [0.2, 0.25) is 0 Å². The smallest absolute Gasteiger partial charge is 0.308 e. The van der Waals surface area contributed by atoms with Crippen molar-refractivity contribution in [3.8, 4) is 11.5 Å². The minimum absolute atomic E-state index is 0.0359. The predicted molar refractivity (Wildman–Crippen MR) is 262 cm³/mol. The first-order valence-electron chi connectivity index (χ1n) is 22.7. The Labute approximate surface area is 381 Å². The summed E-state index contributed by atoms with van der Waals surface area (Å²) in [5, 5.41) is 8.38. The topological polar surface area (TPSA) is 125 Å². The summed E-state index contributed by atoms with van der Waals surface area (Å²) in [4.78, 5) is 43.0. The van der Waals surface area contributed by atoms with Crippen molar-refractivity contribution in [2.75, 3.05) is 7.11 Å². The van der Waals surface area contributed by atoms with Gasteiger partial charge >= 0.3 is 23.9 Å². The Morgan fingerprint density at radius 2 is 0.758 bits per heavy atom. The van der Waals surface area contributed by atoms with E-state index in [4.69, 9.17) is 24.1 Å². The van der Waals surface area contributed by atoms with Crippen molar-refractivity contribution in [1.29, 1.82) is 0 Å². The van der Waals surface area contributed by atoms with E-state index in [1.807, 2.05) is 139 Å². The minimum Gasteiger partial charge on any atom is -0.481 e. The van der Waals surface area contributed by atoms with Gasteiger partial charge in [-0.2, -0.15) is 0 Å². The van der Waals surface area contributed by atoms with E-state index in [0.717, 1.165) is 25.7 Å². The fraction of sp³-hybridized carbons (Fsp3) is 0.698.